The van der Waals surface area contributed by atoms with E-state index < -0.39 is 10.8 Å². The molecule has 1 amide bonds. The average molecular weight is 447 g/mol. The molecule has 1 atom stereocenters. The number of hydrogen-bond donors (Lipinski definition) is 1. The molecule has 0 aliphatic heterocycles. The Balaban J connectivity index is 1.53. The van der Waals surface area contributed by atoms with Crippen LogP contribution in [-0.4, -0.2) is 34.2 Å². The minimum atomic E-state index is -1.000. The second kappa shape index (κ2) is 10.4. The lowest BCUT2D eigenvalue weighted by molar-refractivity contribution is -0.116. The molecular formula is C26H26N2O3S. The van der Waals surface area contributed by atoms with Gasteiger partial charge in [-0.25, -0.2) is 0 Å². The maximum absolute atomic E-state index is 13.0. The number of rotatable bonds is 9. The van der Waals surface area contributed by atoms with E-state index in [9.17, 15) is 9.00 Å². The van der Waals surface area contributed by atoms with Gasteiger partial charge in [0.2, 0.25) is 5.91 Å². The Bertz CT molecular complexity index is 1230. The zero-order chi connectivity index (χ0) is 22.3. The van der Waals surface area contributed by atoms with E-state index >= 15 is 0 Å². The maximum Gasteiger partial charge on any atom is 0.244 e. The highest BCUT2D eigenvalue weighted by Gasteiger charge is 2.14. The van der Waals surface area contributed by atoms with E-state index in [1.54, 1.807) is 7.11 Å². The normalized spacial score (nSPS) is 12.0. The van der Waals surface area contributed by atoms with E-state index in [1.165, 1.54) is 0 Å². The number of fused-ring (bicyclic) bond motifs is 1. The molecule has 1 unspecified atom stereocenters. The fourth-order valence-corrected chi connectivity index (χ4v) is 4.79. The van der Waals surface area contributed by atoms with Gasteiger partial charge >= 0.3 is 0 Å². The van der Waals surface area contributed by atoms with Crippen molar-refractivity contribution in [1.29, 1.82) is 0 Å². The SMILES string of the molecule is COCCS(=O)Cc1cccc(NC(=O)Cn2c(-c3ccccc3)cc3ccccc32)c1. The van der Waals surface area contributed by atoms with E-state index in [-0.39, 0.29) is 12.5 Å². The number of methoxy groups -OCH3 is 1. The van der Waals surface area contributed by atoms with Crippen molar-refractivity contribution >= 4 is 33.3 Å². The third kappa shape index (κ3) is 5.33. The fraction of sp³-hybridized carbons (Fsp3) is 0.192. The Hall–Kier alpha value is -3.22. The topological polar surface area (TPSA) is 60.3 Å². The van der Waals surface area contributed by atoms with Crippen LogP contribution in [0.1, 0.15) is 5.56 Å². The van der Waals surface area contributed by atoms with Crippen LogP contribution in [-0.2, 0) is 32.6 Å². The molecule has 3 aromatic carbocycles. The molecule has 1 heterocycles. The molecule has 0 aliphatic carbocycles. The van der Waals surface area contributed by atoms with Crippen molar-refractivity contribution < 1.29 is 13.7 Å². The van der Waals surface area contributed by atoms with Crippen molar-refractivity contribution in [2.45, 2.75) is 12.3 Å². The van der Waals surface area contributed by atoms with Crippen molar-refractivity contribution in [3.63, 3.8) is 0 Å². The van der Waals surface area contributed by atoms with Crippen molar-refractivity contribution in [2.24, 2.45) is 0 Å². The van der Waals surface area contributed by atoms with Crippen molar-refractivity contribution in [3.8, 4) is 11.3 Å². The summed E-state index contributed by atoms with van der Waals surface area (Å²) in [6.07, 6.45) is 0. The molecule has 4 aromatic rings. The van der Waals surface area contributed by atoms with Crippen molar-refractivity contribution in [1.82, 2.24) is 4.57 Å². The predicted molar refractivity (Wildman–Crippen MR) is 131 cm³/mol. The summed E-state index contributed by atoms with van der Waals surface area (Å²) in [6, 6.07) is 27.8. The summed E-state index contributed by atoms with van der Waals surface area (Å²) >= 11 is 0. The molecule has 0 fully saturated rings. The molecule has 0 radical (unpaired) electrons. The molecule has 4 rings (SSSR count). The molecule has 1 aromatic heterocycles. The summed E-state index contributed by atoms with van der Waals surface area (Å²) in [4.78, 5) is 13.0. The standard InChI is InChI=1S/C26H26N2O3S/c1-31-14-15-32(30)19-20-8-7-12-23(16-20)27-26(29)18-28-24-13-6-5-11-22(24)17-25(28)21-9-3-2-4-10-21/h2-13,16-17H,14-15,18-19H2,1H3,(H,27,29). The number of para-hydroxylation sites is 1. The van der Waals surface area contributed by atoms with Gasteiger partial charge in [0.15, 0.2) is 0 Å². The zero-order valence-corrected chi connectivity index (χ0v) is 18.8. The minimum absolute atomic E-state index is 0.110. The molecule has 0 saturated carbocycles. The smallest absolute Gasteiger partial charge is 0.244 e. The second-order valence-corrected chi connectivity index (χ2v) is 9.15. The number of carbonyl (C=O) groups excluding carboxylic acids is 1. The van der Waals surface area contributed by atoms with Gasteiger partial charge in [-0.2, -0.15) is 0 Å². The highest BCUT2D eigenvalue weighted by Crippen LogP contribution is 2.28. The van der Waals surface area contributed by atoms with E-state index in [0.29, 0.717) is 23.8 Å². The molecule has 0 saturated heterocycles. The molecule has 0 spiro atoms. The van der Waals surface area contributed by atoms with Crippen LogP contribution >= 0.6 is 0 Å². The number of carbonyl (C=O) groups is 1. The maximum atomic E-state index is 13.0. The summed E-state index contributed by atoms with van der Waals surface area (Å²) in [6.45, 7) is 0.666. The van der Waals surface area contributed by atoms with E-state index in [1.807, 2.05) is 65.2 Å². The van der Waals surface area contributed by atoms with Gasteiger partial charge in [-0.15, -0.1) is 0 Å². The van der Waals surface area contributed by atoms with Crippen LogP contribution in [0.3, 0.4) is 0 Å². The van der Waals surface area contributed by atoms with E-state index in [2.05, 4.69) is 29.6 Å². The number of nitrogens with one attached hydrogen (secondary N) is 1. The lowest BCUT2D eigenvalue weighted by atomic mass is 10.1. The Morgan fingerprint density at radius 2 is 1.75 bits per heavy atom. The van der Waals surface area contributed by atoms with Crippen LogP contribution in [0, 0.1) is 0 Å². The zero-order valence-electron chi connectivity index (χ0n) is 18.0. The lowest BCUT2D eigenvalue weighted by Crippen LogP contribution is -2.19. The van der Waals surface area contributed by atoms with Gasteiger partial charge in [-0.05, 0) is 35.4 Å². The monoisotopic (exact) mass is 446 g/mol. The van der Waals surface area contributed by atoms with Crippen LogP contribution in [0.5, 0.6) is 0 Å². The molecule has 164 valence electrons. The molecule has 0 aliphatic rings. The van der Waals surface area contributed by atoms with Gasteiger partial charge in [0.25, 0.3) is 0 Å². The molecule has 5 nitrogen and oxygen atoms in total. The molecule has 1 N–H and O–H groups in total. The van der Waals surface area contributed by atoms with Crippen molar-refractivity contribution in [3.05, 3.63) is 90.5 Å². The number of nitrogens with zero attached hydrogens (tertiary/aromatic N) is 1. The number of benzene rings is 3. The van der Waals surface area contributed by atoms with Crippen molar-refractivity contribution in [2.75, 3.05) is 24.8 Å². The summed E-state index contributed by atoms with van der Waals surface area (Å²) in [7, 11) is 0.602. The second-order valence-electron chi connectivity index (χ2n) is 7.57. The summed E-state index contributed by atoms with van der Waals surface area (Å²) < 4.78 is 19.2. The number of aromatic nitrogens is 1. The highest BCUT2D eigenvalue weighted by molar-refractivity contribution is 7.84. The number of amides is 1. The third-order valence-electron chi connectivity index (χ3n) is 5.24. The molecule has 0 bridgehead atoms. The van der Waals surface area contributed by atoms with Crippen LogP contribution in [0.15, 0.2) is 84.9 Å². The first kappa shape index (κ1) is 22.0. The van der Waals surface area contributed by atoms with Crippen LogP contribution in [0.4, 0.5) is 5.69 Å². The van der Waals surface area contributed by atoms with E-state index in [0.717, 1.165) is 27.7 Å². The quantitative estimate of drug-likeness (QED) is 0.400. The van der Waals surface area contributed by atoms with Gasteiger partial charge in [0.05, 0.1) is 6.61 Å². The third-order valence-corrected chi connectivity index (χ3v) is 6.51. The summed E-state index contributed by atoms with van der Waals surface area (Å²) in [5.74, 6) is 0.824. The first-order chi connectivity index (χ1) is 15.6. The van der Waals surface area contributed by atoms with Gasteiger partial charge in [0, 0.05) is 51.7 Å². The Morgan fingerprint density at radius 3 is 2.56 bits per heavy atom. The fourth-order valence-electron chi connectivity index (χ4n) is 3.75. The Kier molecular flexibility index (Phi) is 7.14. The first-order valence-corrected chi connectivity index (χ1v) is 12.0. The van der Waals surface area contributed by atoms with Gasteiger partial charge in [0.1, 0.15) is 6.54 Å². The number of hydrogen-bond acceptors (Lipinski definition) is 3. The number of ether oxygens (including phenoxy) is 1. The summed E-state index contributed by atoms with van der Waals surface area (Å²) in [5.41, 5.74) is 4.72. The lowest BCUT2D eigenvalue weighted by Gasteiger charge is -2.12. The molecule has 32 heavy (non-hydrogen) atoms. The molecular weight excluding hydrogens is 420 g/mol. The minimum Gasteiger partial charge on any atom is -0.384 e. The predicted octanol–water partition coefficient (Wildman–Crippen LogP) is 4.84. The Labute approximate surface area is 190 Å². The van der Waals surface area contributed by atoms with Gasteiger partial charge < -0.3 is 14.6 Å². The van der Waals surface area contributed by atoms with Crippen LogP contribution < -0.4 is 5.32 Å². The number of anilines is 1. The van der Waals surface area contributed by atoms with Crippen LogP contribution in [0.2, 0.25) is 0 Å². The Morgan fingerprint density at radius 1 is 0.969 bits per heavy atom. The average Bonchev–Trinajstić information content (AvgIpc) is 3.17. The largest absolute Gasteiger partial charge is 0.384 e. The van der Waals surface area contributed by atoms with E-state index in [4.69, 9.17) is 4.74 Å². The van der Waals surface area contributed by atoms with Gasteiger partial charge in [-0.3, -0.25) is 9.00 Å². The van der Waals surface area contributed by atoms with Crippen LogP contribution in [0.25, 0.3) is 22.2 Å². The molecule has 6 heteroatoms. The highest BCUT2D eigenvalue weighted by atomic mass is 32.2. The summed E-state index contributed by atoms with van der Waals surface area (Å²) in [5, 5.41) is 4.09. The first-order valence-electron chi connectivity index (χ1n) is 10.5. The van der Waals surface area contributed by atoms with Gasteiger partial charge in [-0.1, -0.05) is 60.7 Å².